The summed E-state index contributed by atoms with van der Waals surface area (Å²) in [5.41, 5.74) is 0.726. The van der Waals surface area contributed by atoms with Crippen LogP contribution in [0.25, 0.3) is 0 Å². The summed E-state index contributed by atoms with van der Waals surface area (Å²) in [4.78, 5) is 16.9. The molecule has 0 spiro atoms. The number of hydrogen-bond acceptors (Lipinski definition) is 2. The van der Waals surface area contributed by atoms with Crippen LogP contribution in [0.2, 0.25) is 0 Å². The standard InChI is InChI=1S/C17H26N2O/c1-4-16(20)19(15-11-7-5-8-12-15)17(2,3)18-13-9-6-10-14-18/h5,7-8,11-12H,4,6,9-10,13-14H2,1-3H3. The topological polar surface area (TPSA) is 23.6 Å². The molecule has 1 aromatic rings. The third-order valence-electron chi connectivity index (χ3n) is 4.24. The van der Waals surface area contributed by atoms with E-state index in [0.29, 0.717) is 6.42 Å². The van der Waals surface area contributed by atoms with Crippen LogP contribution >= 0.6 is 0 Å². The van der Waals surface area contributed by atoms with Gasteiger partial charge in [-0.05, 0) is 38.8 Å². The summed E-state index contributed by atoms with van der Waals surface area (Å²) in [5.74, 6) is 0.187. The van der Waals surface area contributed by atoms with Crippen molar-refractivity contribution in [3.63, 3.8) is 0 Å². The molecule has 1 aliphatic heterocycles. The average molecular weight is 274 g/mol. The molecular formula is C17H26N2O. The van der Waals surface area contributed by atoms with E-state index >= 15 is 0 Å². The smallest absolute Gasteiger partial charge is 0.228 e. The summed E-state index contributed by atoms with van der Waals surface area (Å²) in [6.45, 7) is 8.42. The van der Waals surface area contributed by atoms with E-state index < -0.39 is 0 Å². The second-order valence-corrected chi connectivity index (χ2v) is 5.96. The lowest BCUT2D eigenvalue weighted by Crippen LogP contribution is -2.60. The van der Waals surface area contributed by atoms with Crippen molar-refractivity contribution in [3.05, 3.63) is 30.3 Å². The second-order valence-electron chi connectivity index (χ2n) is 5.96. The first-order chi connectivity index (χ1) is 9.57. The molecule has 1 aliphatic rings. The van der Waals surface area contributed by atoms with E-state index in [0.717, 1.165) is 18.8 Å². The zero-order valence-corrected chi connectivity index (χ0v) is 12.9. The number of carbonyl (C=O) groups excluding carboxylic acids is 1. The van der Waals surface area contributed by atoms with Crippen LogP contribution in [0.1, 0.15) is 46.5 Å². The Hall–Kier alpha value is -1.35. The van der Waals surface area contributed by atoms with Gasteiger partial charge >= 0.3 is 0 Å². The molecule has 0 unspecified atom stereocenters. The maximum absolute atomic E-state index is 12.5. The zero-order chi connectivity index (χ0) is 14.6. The van der Waals surface area contributed by atoms with Gasteiger partial charge in [-0.2, -0.15) is 0 Å². The minimum Gasteiger partial charge on any atom is -0.294 e. The molecule has 0 bridgehead atoms. The molecule has 3 nitrogen and oxygen atoms in total. The average Bonchev–Trinajstić information content (AvgIpc) is 2.49. The number of benzene rings is 1. The number of para-hydroxylation sites is 1. The SMILES string of the molecule is CCC(=O)N(c1ccccc1)C(C)(C)N1CCCCC1. The van der Waals surface area contributed by atoms with Crippen LogP contribution in [-0.4, -0.2) is 29.6 Å². The molecule has 0 atom stereocenters. The Balaban J connectivity index is 2.32. The van der Waals surface area contributed by atoms with Gasteiger partial charge in [0.1, 0.15) is 0 Å². The number of nitrogens with zero attached hydrogens (tertiary/aromatic N) is 2. The number of carbonyl (C=O) groups is 1. The molecule has 0 radical (unpaired) electrons. The molecule has 20 heavy (non-hydrogen) atoms. The predicted molar refractivity (Wildman–Crippen MR) is 83.7 cm³/mol. The highest BCUT2D eigenvalue weighted by molar-refractivity contribution is 5.94. The van der Waals surface area contributed by atoms with Gasteiger partial charge in [-0.3, -0.25) is 14.6 Å². The minimum atomic E-state index is -0.269. The van der Waals surface area contributed by atoms with Crippen LogP contribution in [0.5, 0.6) is 0 Å². The monoisotopic (exact) mass is 274 g/mol. The van der Waals surface area contributed by atoms with Crippen molar-refractivity contribution in [2.45, 2.75) is 52.1 Å². The molecule has 1 saturated heterocycles. The van der Waals surface area contributed by atoms with Crippen LogP contribution in [0.3, 0.4) is 0 Å². The molecule has 0 saturated carbocycles. The summed E-state index contributed by atoms with van der Waals surface area (Å²) in [7, 11) is 0. The summed E-state index contributed by atoms with van der Waals surface area (Å²) < 4.78 is 0. The van der Waals surface area contributed by atoms with Gasteiger partial charge in [0.2, 0.25) is 5.91 Å². The van der Waals surface area contributed by atoms with Crippen molar-refractivity contribution in [2.75, 3.05) is 18.0 Å². The molecule has 3 heteroatoms. The van der Waals surface area contributed by atoms with Gasteiger partial charge in [-0.1, -0.05) is 31.5 Å². The molecule has 0 N–H and O–H groups in total. The van der Waals surface area contributed by atoms with Crippen molar-refractivity contribution < 1.29 is 4.79 Å². The molecule has 1 fully saturated rings. The Kier molecular flexibility index (Phi) is 4.81. The first-order valence-corrected chi connectivity index (χ1v) is 7.70. The Morgan fingerprint density at radius 1 is 1.15 bits per heavy atom. The van der Waals surface area contributed by atoms with E-state index in [9.17, 15) is 4.79 Å². The van der Waals surface area contributed by atoms with E-state index in [1.54, 1.807) is 0 Å². The fourth-order valence-electron chi connectivity index (χ4n) is 3.08. The van der Waals surface area contributed by atoms with Gasteiger partial charge in [0.05, 0.1) is 5.66 Å². The van der Waals surface area contributed by atoms with Gasteiger partial charge < -0.3 is 0 Å². The maximum atomic E-state index is 12.5. The van der Waals surface area contributed by atoms with Crippen LogP contribution in [0.4, 0.5) is 5.69 Å². The number of likely N-dealkylation sites (tertiary alicyclic amines) is 1. The van der Waals surface area contributed by atoms with Crippen molar-refractivity contribution in [2.24, 2.45) is 0 Å². The third kappa shape index (κ3) is 3.04. The molecular weight excluding hydrogens is 248 g/mol. The van der Waals surface area contributed by atoms with Crippen molar-refractivity contribution in [3.8, 4) is 0 Å². The lowest BCUT2D eigenvalue weighted by molar-refractivity contribution is -0.121. The zero-order valence-electron chi connectivity index (χ0n) is 12.9. The molecule has 0 aromatic heterocycles. The number of hydrogen-bond donors (Lipinski definition) is 0. The summed E-state index contributed by atoms with van der Waals surface area (Å²) in [6.07, 6.45) is 4.30. The fraction of sp³-hybridized carbons (Fsp3) is 0.588. The highest BCUT2D eigenvalue weighted by Gasteiger charge is 2.37. The van der Waals surface area contributed by atoms with Crippen molar-refractivity contribution >= 4 is 11.6 Å². The highest BCUT2D eigenvalue weighted by Crippen LogP contribution is 2.30. The molecule has 0 aliphatic carbocycles. The van der Waals surface area contributed by atoms with Crippen molar-refractivity contribution in [1.82, 2.24) is 4.90 Å². The van der Waals surface area contributed by atoms with Gasteiger partial charge in [-0.15, -0.1) is 0 Å². The van der Waals surface area contributed by atoms with Crippen LogP contribution in [0.15, 0.2) is 30.3 Å². The van der Waals surface area contributed by atoms with Crippen molar-refractivity contribution in [1.29, 1.82) is 0 Å². The number of rotatable bonds is 4. The van der Waals surface area contributed by atoms with Gasteiger partial charge in [0.15, 0.2) is 0 Å². The van der Waals surface area contributed by atoms with Crippen LogP contribution in [-0.2, 0) is 4.79 Å². The Labute approximate surface area is 122 Å². The quantitative estimate of drug-likeness (QED) is 0.836. The van der Waals surface area contributed by atoms with E-state index in [1.165, 1.54) is 19.3 Å². The van der Waals surface area contributed by atoms with E-state index in [4.69, 9.17) is 0 Å². The summed E-state index contributed by atoms with van der Waals surface area (Å²) in [5, 5.41) is 0. The molecule has 1 aromatic carbocycles. The third-order valence-corrected chi connectivity index (χ3v) is 4.24. The molecule has 110 valence electrons. The summed E-state index contributed by atoms with van der Waals surface area (Å²) >= 11 is 0. The van der Waals surface area contributed by atoms with Gasteiger partial charge in [0, 0.05) is 25.2 Å². The number of anilines is 1. The Morgan fingerprint density at radius 3 is 2.30 bits per heavy atom. The lowest BCUT2D eigenvalue weighted by atomic mass is 10.0. The minimum absolute atomic E-state index is 0.187. The maximum Gasteiger partial charge on any atom is 0.228 e. The summed E-state index contributed by atoms with van der Waals surface area (Å²) in [6, 6.07) is 10.0. The van der Waals surface area contributed by atoms with E-state index in [2.05, 4.69) is 18.7 Å². The number of amides is 1. The first kappa shape index (κ1) is 15.0. The highest BCUT2D eigenvalue weighted by atomic mass is 16.2. The predicted octanol–water partition coefficient (Wildman–Crippen LogP) is 3.65. The fourth-order valence-corrected chi connectivity index (χ4v) is 3.08. The van der Waals surface area contributed by atoms with Crippen LogP contribution < -0.4 is 4.90 Å². The Bertz CT molecular complexity index is 436. The van der Waals surface area contributed by atoms with E-state index in [1.807, 2.05) is 42.2 Å². The Morgan fingerprint density at radius 2 is 1.75 bits per heavy atom. The lowest BCUT2D eigenvalue weighted by Gasteiger charge is -2.48. The normalized spacial score (nSPS) is 16.9. The van der Waals surface area contributed by atoms with Gasteiger partial charge in [0.25, 0.3) is 0 Å². The molecule has 2 rings (SSSR count). The molecule has 1 heterocycles. The largest absolute Gasteiger partial charge is 0.294 e. The second kappa shape index (κ2) is 6.40. The number of piperidine rings is 1. The molecule has 1 amide bonds. The first-order valence-electron chi connectivity index (χ1n) is 7.70. The van der Waals surface area contributed by atoms with Crippen LogP contribution in [0, 0.1) is 0 Å². The van der Waals surface area contributed by atoms with Gasteiger partial charge in [-0.25, -0.2) is 0 Å². The van der Waals surface area contributed by atoms with E-state index in [-0.39, 0.29) is 11.6 Å².